The molecule has 4 rings (SSSR count). The Labute approximate surface area is 162 Å². The molecular formula is C17H13N5O5S. The van der Waals surface area contributed by atoms with Crippen molar-refractivity contribution in [1.82, 2.24) is 20.2 Å². The van der Waals surface area contributed by atoms with Gasteiger partial charge >= 0.3 is 5.97 Å². The molecule has 2 N–H and O–H groups in total. The van der Waals surface area contributed by atoms with E-state index in [0.29, 0.717) is 28.0 Å². The van der Waals surface area contributed by atoms with Gasteiger partial charge in [0.15, 0.2) is 11.5 Å². The summed E-state index contributed by atoms with van der Waals surface area (Å²) in [7, 11) is 0. The maximum atomic E-state index is 12.2. The standard InChI is InChI=1S/C17H13N5O5S/c23-15(18-11-3-6-13-14(7-11)27-9-26-13)8-28-17-19-20-21-22(17)12-4-1-10(2-5-12)16(24)25/h1-7H,8-9H2,(H,18,23)(H,24,25). The number of aromatic carboxylic acids is 1. The van der Waals surface area contributed by atoms with Gasteiger partial charge in [-0.1, -0.05) is 11.8 Å². The molecule has 2 aromatic carbocycles. The van der Waals surface area contributed by atoms with Crippen molar-refractivity contribution in [3.8, 4) is 17.2 Å². The van der Waals surface area contributed by atoms with Crippen molar-refractivity contribution >= 4 is 29.3 Å². The topological polar surface area (TPSA) is 128 Å². The average molecular weight is 399 g/mol. The minimum atomic E-state index is -1.02. The highest BCUT2D eigenvalue weighted by atomic mass is 32.2. The van der Waals surface area contributed by atoms with Crippen LogP contribution >= 0.6 is 11.8 Å². The Morgan fingerprint density at radius 3 is 2.71 bits per heavy atom. The summed E-state index contributed by atoms with van der Waals surface area (Å²) in [5.41, 5.74) is 1.35. The van der Waals surface area contributed by atoms with Crippen molar-refractivity contribution in [3.63, 3.8) is 0 Å². The van der Waals surface area contributed by atoms with Crippen LogP contribution in [0.4, 0.5) is 5.69 Å². The van der Waals surface area contributed by atoms with Gasteiger partial charge in [-0.2, -0.15) is 4.68 Å². The zero-order chi connectivity index (χ0) is 19.5. The Morgan fingerprint density at radius 1 is 1.14 bits per heavy atom. The van der Waals surface area contributed by atoms with E-state index in [9.17, 15) is 9.59 Å². The highest BCUT2D eigenvalue weighted by molar-refractivity contribution is 7.99. The first-order valence-corrected chi connectivity index (χ1v) is 9.03. The number of fused-ring (bicyclic) bond motifs is 1. The van der Waals surface area contributed by atoms with Crippen LogP contribution in [0.3, 0.4) is 0 Å². The lowest BCUT2D eigenvalue weighted by Crippen LogP contribution is -2.14. The van der Waals surface area contributed by atoms with Gasteiger partial charge in [0.1, 0.15) is 0 Å². The van der Waals surface area contributed by atoms with Gasteiger partial charge in [-0.05, 0) is 46.8 Å². The third-order valence-corrected chi connectivity index (χ3v) is 4.71. The second-order valence-corrected chi connectivity index (χ2v) is 6.57. The molecule has 0 bridgehead atoms. The molecule has 2 heterocycles. The van der Waals surface area contributed by atoms with Crippen LogP contribution in [-0.4, -0.2) is 49.7 Å². The molecule has 1 aliphatic rings. The highest BCUT2D eigenvalue weighted by Gasteiger charge is 2.15. The molecule has 0 saturated heterocycles. The fourth-order valence-corrected chi connectivity index (χ4v) is 3.17. The number of carbonyl (C=O) groups excluding carboxylic acids is 1. The molecule has 3 aromatic rings. The minimum absolute atomic E-state index is 0.0853. The van der Waals surface area contributed by atoms with E-state index in [2.05, 4.69) is 20.8 Å². The van der Waals surface area contributed by atoms with Crippen LogP contribution in [0.15, 0.2) is 47.6 Å². The largest absolute Gasteiger partial charge is 0.478 e. The van der Waals surface area contributed by atoms with Crippen molar-refractivity contribution in [1.29, 1.82) is 0 Å². The lowest BCUT2D eigenvalue weighted by molar-refractivity contribution is -0.113. The first-order valence-electron chi connectivity index (χ1n) is 8.04. The third kappa shape index (κ3) is 3.74. The maximum Gasteiger partial charge on any atom is 0.335 e. The van der Waals surface area contributed by atoms with E-state index < -0.39 is 5.97 Å². The number of aromatic nitrogens is 4. The quantitative estimate of drug-likeness (QED) is 0.596. The molecule has 11 heteroatoms. The van der Waals surface area contributed by atoms with E-state index in [1.165, 1.54) is 16.8 Å². The van der Waals surface area contributed by atoms with Gasteiger partial charge in [-0.25, -0.2) is 4.79 Å². The normalized spacial score (nSPS) is 12.0. The zero-order valence-corrected chi connectivity index (χ0v) is 15.0. The molecule has 1 aliphatic heterocycles. The summed E-state index contributed by atoms with van der Waals surface area (Å²) in [5, 5.41) is 23.6. The lowest BCUT2D eigenvalue weighted by atomic mass is 10.2. The van der Waals surface area contributed by atoms with E-state index in [1.807, 2.05) is 0 Å². The summed E-state index contributed by atoms with van der Waals surface area (Å²) >= 11 is 1.15. The molecule has 0 unspecified atom stereocenters. The van der Waals surface area contributed by atoms with Crippen LogP contribution in [-0.2, 0) is 4.79 Å². The number of nitrogens with one attached hydrogen (secondary N) is 1. The summed E-state index contributed by atoms with van der Waals surface area (Å²) in [6.07, 6.45) is 0. The summed E-state index contributed by atoms with van der Waals surface area (Å²) in [6.45, 7) is 0.165. The summed E-state index contributed by atoms with van der Waals surface area (Å²) < 4.78 is 12.0. The number of tetrazole rings is 1. The van der Waals surface area contributed by atoms with Crippen LogP contribution in [0, 0.1) is 0 Å². The Balaban J connectivity index is 1.39. The van der Waals surface area contributed by atoms with Crippen LogP contribution in [0.25, 0.3) is 5.69 Å². The van der Waals surface area contributed by atoms with Gasteiger partial charge in [0.05, 0.1) is 17.0 Å². The number of amides is 1. The molecular weight excluding hydrogens is 386 g/mol. The van der Waals surface area contributed by atoms with Crippen LogP contribution in [0.5, 0.6) is 11.5 Å². The molecule has 0 fully saturated rings. The predicted molar refractivity (Wildman–Crippen MR) is 98.0 cm³/mol. The first kappa shape index (κ1) is 17.8. The third-order valence-electron chi connectivity index (χ3n) is 3.79. The number of benzene rings is 2. The number of carboxylic acids is 1. The molecule has 1 amide bonds. The highest BCUT2D eigenvalue weighted by Crippen LogP contribution is 2.34. The number of hydrogen-bond donors (Lipinski definition) is 2. The van der Waals surface area contributed by atoms with Crippen molar-refractivity contribution in [2.24, 2.45) is 0 Å². The van der Waals surface area contributed by atoms with Gasteiger partial charge in [0.25, 0.3) is 0 Å². The second-order valence-electron chi connectivity index (χ2n) is 5.63. The van der Waals surface area contributed by atoms with E-state index in [1.54, 1.807) is 30.3 Å². The fourth-order valence-electron chi connectivity index (χ4n) is 2.48. The Hall–Kier alpha value is -3.60. The number of hydrogen-bond acceptors (Lipinski definition) is 8. The summed E-state index contributed by atoms with van der Waals surface area (Å²) in [4.78, 5) is 23.2. The average Bonchev–Trinajstić information content (AvgIpc) is 3.35. The van der Waals surface area contributed by atoms with Crippen molar-refractivity contribution < 1.29 is 24.2 Å². The Kier molecular flexibility index (Phi) is 4.81. The molecule has 10 nitrogen and oxygen atoms in total. The second kappa shape index (κ2) is 7.56. The van der Waals surface area contributed by atoms with Crippen LogP contribution < -0.4 is 14.8 Å². The Bertz CT molecular complexity index is 1040. The maximum absolute atomic E-state index is 12.2. The summed E-state index contributed by atoms with van der Waals surface area (Å²) in [5.74, 6) is 0.0551. The number of ether oxygens (including phenoxy) is 2. The number of nitrogens with zero attached hydrogens (tertiary/aromatic N) is 4. The monoisotopic (exact) mass is 399 g/mol. The molecule has 0 aliphatic carbocycles. The number of anilines is 1. The van der Waals surface area contributed by atoms with Gasteiger partial charge in [0.2, 0.25) is 17.9 Å². The minimum Gasteiger partial charge on any atom is -0.478 e. The molecule has 28 heavy (non-hydrogen) atoms. The number of thioether (sulfide) groups is 1. The van der Waals surface area contributed by atoms with Crippen molar-refractivity contribution in [2.45, 2.75) is 5.16 Å². The van der Waals surface area contributed by atoms with Crippen LogP contribution in [0.1, 0.15) is 10.4 Å². The smallest absolute Gasteiger partial charge is 0.335 e. The predicted octanol–water partition coefficient (Wildman–Crippen LogP) is 1.82. The van der Waals surface area contributed by atoms with E-state index in [-0.39, 0.29) is 24.0 Å². The van der Waals surface area contributed by atoms with E-state index in [0.717, 1.165) is 11.8 Å². The van der Waals surface area contributed by atoms with Gasteiger partial charge in [-0.3, -0.25) is 4.79 Å². The molecule has 1 aromatic heterocycles. The van der Waals surface area contributed by atoms with Gasteiger partial charge in [-0.15, -0.1) is 5.10 Å². The van der Waals surface area contributed by atoms with Crippen molar-refractivity contribution in [2.75, 3.05) is 17.9 Å². The fraction of sp³-hybridized carbons (Fsp3) is 0.118. The molecule has 0 atom stereocenters. The lowest BCUT2D eigenvalue weighted by Gasteiger charge is -2.07. The zero-order valence-electron chi connectivity index (χ0n) is 14.2. The molecule has 0 spiro atoms. The molecule has 142 valence electrons. The van der Waals surface area contributed by atoms with Gasteiger partial charge < -0.3 is 19.9 Å². The van der Waals surface area contributed by atoms with Crippen LogP contribution in [0.2, 0.25) is 0 Å². The van der Waals surface area contributed by atoms with Crippen molar-refractivity contribution in [3.05, 3.63) is 48.0 Å². The molecule has 0 saturated carbocycles. The summed E-state index contributed by atoms with van der Waals surface area (Å²) in [6, 6.07) is 11.3. The number of carbonyl (C=O) groups is 2. The van der Waals surface area contributed by atoms with Gasteiger partial charge in [0, 0.05) is 11.8 Å². The Morgan fingerprint density at radius 2 is 1.93 bits per heavy atom. The molecule has 0 radical (unpaired) electrons. The SMILES string of the molecule is O=C(CSc1nnnn1-c1ccc(C(=O)O)cc1)Nc1ccc2c(c1)OCO2. The number of carboxylic acid groups (broad SMARTS) is 1. The first-order chi connectivity index (χ1) is 13.6. The number of rotatable bonds is 6. The van der Waals surface area contributed by atoms with E-state index in [4.69, 9.17) is 14.6 Å². The van der Waals surface area contributed by atoms with E-state index >= 15 is 0 Å².